The van der Waals surface area contributed by atoms with E-state index in [0.29, 0.717) is 25.9 Å². The van der Waals surface area contributed by atoms with E-state index in [-0.39, 0.29) is 10.8 Å². The predicted molar refractivity (Wildman–Crippen MR) is 106 cm³/mol. The van der Waals surface area contributed by atoms with Crippen molar-refractivity contribution in [3.63, 3.8) is 0 Å². The van der Waals surface area contributed by atoms with Crippen molar-refractivity contribution in [2.24, 2.45) is 0 Å². The number of benzene rings is 2. The Morgan fingerprint density at radius 2 is 2.08 bits per heavy atom. The minimum atomic E-state index is -0.468. The third-order valence-corrected chi connectivity index (χ3v) is 5.01. The van der Waals surface area contributed by atoms with Gasteiger partial charge in [0.05, 0.1) is 15.1 Å². The molecule has 0 saturated heterocycles. The highest BCUT2D eigenvalue weighted by atomic mass is 35.5. The van der Waals surface area contributed by atoms with E-state index >= 15 is 0 Å². The number of anilines is 1. The van der Waals surface area contributed by atoms with Crippen molar-refractivity contribution in [3.8, 4) is 0 Å². The molecular weight excluding hydrogens is 396 g/mol. The number of rotatable bonds is 3. The van der Waals surface area contributed by atoms with Gasteiger partial charge in [0.1, 0.15) is 0 Å². The highest BCUT2D eigenvalue weighted by molar-refractivity contribution is 7.80. The van der Waals surface area contributed by atoms with E-state index < -0.39 is 10.8 Å². The summed E-state index contributed by atoms with van der Waals surface area (Å²) >= 11 is 12.3. The number of nitrogens with one attached hydrogen (secondary N) is 2. The molecule has 26 heavy (non-hydrogen) atoms. The second kappa shape index (κ2) is 7.32. The quantitative estimate of drug-likeness (QED) is 0.382. The molecule has 0 atom stereocenters. The van der Waals surface area contributed by atoms with Crippen molar-refractivity contribution in [2.45, 2.75) is 6.92 Å². The number of nitrogens with zero attached hydrogens (tertiary/aromatic N) is 2. The lowest BCUT2D eigenvalue weighted by Gasteiger charge is -2.08. The van der Waals surface area contributed by atoms with Crippen LogP contribution >= 0.6 is 35.2 Å². The van der Waals surface area contributed by atoms with Crippen LogP contribution in [0.4, 0.5) is 10.8 Å². The van der Waals surface area contributed by atoms with Gasteiger partial charge in [0.25, 0.3) is 11.6 Å². The average Bonchev–Trinajstić information content (AvgIpc) is 2.98. The summed E-state index contributed by atoms with van der Waals surface area (Å²) in [4.78, 5) is 26.9. The van der Waals surface area contributed by atoms with E-state index in [2.05, 4.69) is 15.6 Å². The van der Waals surface area contributed by atoms with Crippen LogP contribution in [0.15, 0.2) is 36.4 Å². The fraction of sp³-hybridized carbons (Fsp3) is 0.0625. The number of halogens is 1. The number of carbonyl (C=O) groups excluding carboxylic acids is 1. The Balaban J connectivity index is 1.71. The fourth-order valence-electron chi connectivity index (χ4n) is 2.12. The first-order chi connectivity index (χ1) is 12.3. The minimum absolute atomic E-state index is 0.0140. The molecule has 1 amide bonds. The number of fused-ring (bicyclic) bond motifs is 1. The summed E-state index contributed by atoms with van der Waals surface area (Å²) in [5, 5.41) is 17.2. The molecule has 2 aromatic carbocycles. The molecule has 0 saturated carbocycles. The van der Waals surface area contributed by atoms with Gasteiger partial charge < -0.3 is 5.32 Å². The van der Waals surface area contributed by atoms with Crippen LogP contribution in [0.2, 0.25) is 5.02 Å². The van der Waals surface area contributed by atoms with Crippen LogP contribution in [0.5, 0.6) is 0 Å². The van der Waals surface area contributed by atoms with Crippen molar-refractivity contribution in [1.82, 2.24) is 10.3 Å². The van der Waals surface area contributed by atoms with Gasteiger partial charge in [-0.1, -0.05) is 29.0 Å². The van der Waals surface area contributed by atoms with Crippen molar-refractivity contribution in [1.29, 1.82) is 0 Å². The number of thiocarbonyl (C=S) groups is 1. The minimum Gasteiger partial charge on any atom is -0.308 e. The lowest BCUT2D eigenvalue weighted by molar-refractivity contribution is -0.384. The van der Waals surface area contributed by atoms with Crippen LogP contribution in [0.3, 0.4) is 0 Å². The van der Waals surface area contributed by atoms with E-state index in [1.807, 2.05) is 6.92 Å². The second-order valence-corrected chi connectivity index (χ2v) is 7.15. The third kappa shape index (κ3) is 3.96. The molecule has 0 radical (unpaired) electrons. The monoisotopic (exact) mass is 406 g/mol. The Morgan fingerprint density at radius 1 is 1.31 bits per heavy atom. The van der Waals surface area contributed by atoms with Gasteiger partial charge in [0.2, 0.25) is 0 Å². The van der Waals surface area contributed by atoms with Crippen LogP contribution < -0.4 is 10.6 Å². The largest absolute Gasteiger partial charge is 0.308 e. The first-order valence-corrected chi connectivity index (χ1v) is 8.87. The molecule has 10 heteroatoms. The third-order valence-electron chi connectivity index (χ3n) is 3.46. The lowest BCUT2D eigenvalue weighted by atomic mass is 10.1. The summed E-state index contributed by atoms with van der Waals surface area (Å²) in [5.41, 5.74) is 1.83. The van der Waals surface area contributed by atoms with E-state index in [1.54, 1.807) is 24.3 Å². The topological polar surface area (TPSA) is 97.2 Å². The molecule has 1 heterocycles. The molecule has 132 valence electrons. The zero-order valence-corrected chi connectivity index (χ0v) is 15.7. The lowest BCUT2D eigenvalue weighted by Crippen LogP contribution is -2.34. The number of hydrogen-bond donors (Lipinski definition) is 2. The van der Waals surface area contributed by atoms with Crippen LogP contribution in [0.25, 0.3) is 10.2 Å². The normalized spacial score (nSPS) is 10.5. The maximum Gasteiger partial charge on any atom is 0.270 e. The molecule has 0 unspecified atom stereocenters. The Bertz CT molecular complexity index is 1050. The Morgan fingerprint density at radius 3 is 2.77 bits per heavy atom. The van der Waals surface area contributed by atoms with Crippen molar-refractivity contribution >= 4 is 67.2 Å². The number of aryl methyl sites for hydroxylation is 1. The predicted octanol–water partition coefficient (Wildman–Crippen LogP) is 4.29. The number of aromatic nitrogens is 1. The number of carbonyl (C=O) groups is 1. The summed E-state index contributed by atoms with van der Waals surface area (Å²) in [5.74, 6) is -0.402. The van der Waals surface area contributed by atoms with Gasteiger partial charge in [-0.2, -0.15) is 0 Å². The van der Waals surface area contributed by atoms with Gasteiger partial charge in [-0.25, -0.2) is 4.98 Å². The first-order valence-electron chi connectivity index (χ1n) is 7.27. The van der Waals surface area contributed by atoms with Crippen LogP contribution in [0, 0.1) is 17.0 Å². The zero-order chi connectivity index (χ0) is 18.8. The fourth-order valence-corrected chi connectivity index (χ4v) is 3.46. The summed E-state index contributed by atoms with van der Waals surface area (Å²) in [7, 11) is 0. The van der Waals surface area contributed by atoms with Crippen LogP contribution in [0.1, 0.15) is 15.9 Å². The van der Waals surface area contributed by atoms with Gasteiger partial charge in [-0.3, -0.25) is 20.2 Å². The number of nitro benzene ring substituents is 1. The molecule has 0 aliphatic heterocycles. The Kier molecular flexibility index (Phi) is 5.12. The van der Waals surface area contributed by atoms with Crippen molar-refractivity contribution < 1.29 is 9.72 Å². The number of nitro groups is 1. The summed E-state index contributed by atoms with van der Waals surface area (Å²) in [6, 6.07) is 9.34. The Labute approximate surface area is 162 Å². The first kappa shape index (κ1) is 18.2. The smallest absolute Gasteiger partial charge is 0.270 e. The number of amides is 1. The van der Waals surface area contributed by atoms with Crippen molar-refractivity contribution in [3.05, 3.63) is 62.7 Å². The second-order valence-electron chi connectivity index (χ2n) is 5.30. The standard InChI is InChI=1S/C16H11ClN4O3S2/c1-8-2-3-9(6-11(8)17)14(22)19-15(25)20-16-18-12-5-4-10(21(23)24)7-13(12)26-16/h2-7H,1H3,(H2,18,19,20,22,25). The highest BCUT2D eigenvalue weighted by Crippen LogP contribution is 2.29. The number of non-ortho nitro benzene ring substituents is 1. The van der Waals surface area contributed by atoms with Gasteiger partial charge >= 0.3 is 0 Å². The summed E-state index contributed by atoms with van der Waals surface area (Å²) in [6.45, 7) is 1.84. The van der Waals surface area contributed by atoms with Gasteiger partial charge in [-0.05, 0) is 42.9 Å². The highest BCUT2D eigenvalue weighted by Gasteiger charge is 2.13. The molecule has 0 fully saturated rings. The van der Waals surface area contributed by atoms with E-state index in [4.69, 9.17) is 23.8 Å². The maximum absolute atomic E-state index is 12.2. The van der Waals surface area contributed by atoms with E-state index in [1.165, 1.54) is 23.5 Å². The summed E-state index contributed by atoms with van der Waals surface area (Å²) < 4.78 is 0.640. The molecule has 0 aliphatic carbocycles. The maximum atomic E-state index is 12.2. The van der Waals surface area contributed by atoms with Crippen LogP contribution in [-0.4, -0.2) is 20.9 Å². The SMILES string of the molecule is Cc1ccc(C(=O)NC(=S)Nc2nc3ccc([N+](=O)[O-])cc3s2)cc1Cl. The number of thiazole rings is 1. The molecule has 3 aromatic rings. The molecule has 0 bridgehead atoms. The van der Waals surface area contributed by atoms with E-state index in [0.717, 1.165) is 5.56 Å². The van der Waals surface area contributed by atoms with Crippen molar-refractivity contribution in [2.75, 3.05) is 5.32 Å². The molecular formula is C16H11ClN4O3S2. The molecule has 1 aromatic heterocycles. The van der Waals surface area contributed by atoms with Gasteiger partial charge in [0.15, 0.2) is 10.2 Å². The average molecular weight is 407 g/mol. The molecule has 7 nitrogen and oxygen atoms in total. The van der Waals surface area contributed by atoms with E-state index in [9.17, 15) is 14.9 Å². The molecule has 2 N–H and O–H groups in total. The van der Waals surface area contributed by atoms with Gasteiger partial charge in [0, 0.05) is 22.7 Å². The molecule has 0 spiro atoms. The zero-order valence-electron chi connectivity index (χ0n) is 13.3. The molecule has 3 rings (SSSR count). The Hall–Kier alpha value is -2.62. The summed E-state index contributed by atoms with van der Waals surface area (Å²) in [6.07, 6.45) is 0. The van der Waals surface area contributed by atoms with Crippen LogP contribution in [-0.2, 0) is 0 Å². The number of hydrogen-bond acceptors (Lipinski definition) is 6. The van der Waals surface area contributed by atoms with Gasteiger partial charge in [-0.15, -0.1) is 0 Å². The molecule has 0 aliphatic rings.